The number of sulfonamides is 1. The van der Waals surface area contributed by atoms with Gasteiger partial charge in [0, 0.05) is 22.7 Å². The number of hydrogen-bond acceptors (Lipinski definition) is 6. The van der Waals surface area contributed by atoms with Crippen LogP contribution in [0, 0.1) is 0 Å². The molecular formula is C21H20N2O5S. The second-order valence-electron chi connectivity index (χ2n) is 6.75. The Morgan fingerprint density at radius 2 is 1.83 bits per heavy atom. The molecule has 0 aliphatic heterocycles. The second-order valence-corrected chi connectivity index (χ2v) is 8.40. The van der Waals surface area contributed by atoms with Crippen molar-refractivity contribution in [3.63, 3.8) is 0 Å². The first-order chi connectivity index (χ1) is 14.0. The highest BCUT2D eigenvalue weighted by Gasteiger charge is 2.36. The van der Waals surface area contributed by atoms with E-state index in [9.17, 15) is 13.2 Å². The molecular weight excluding hydrogens is 392 g/mol. The number of benzene rings is 2. The van der Waals surface area contributed by atoms with Crippen molar-refractivity contribution in [3.8, 4) is 11.5 Å². The van der Waals surface area contributed by atoms with Crippen LogP contribution in [-0.4, -0.2) is 33.5 Å². The maximum Gasteiger partial charge on any atom is 0.264 e. The first kappa shape index (κ1) is 19.2. The predicted molar refractivity (Wildman–Crippen MR) is 108 cm³/mol. The quantitative estimate of drug-likeness (QED) is 0.693. The topological polar surface area (TPSA) is 94.6 Å². The molecule has 0 saturated carbocycles. The first-order valence-electron chi connectivity index (χ1n) is 9.10. The fraction of sp³-hybridized carbons (Fsp3) is 0.238. The van der Waals surface area contributed by atoms with E-state index in [0.29, 0.717) is 40.8 Å². The van der Waals surface area contributed by atoms with Crippen LogP contribution in [0.2, 0.25) is 0 Å². The van der Waals surface area contributed by atoms with Crippen LogP contribution in [0.4, 0.5) is 0 Å². The molecule has 3 aromatic rings. The molecule has 0 saturated heterocycles. The SMILES string of the molecule is COc1ccc(OC)c2c1CC[C@@H]2C(=O)NS(=O)(=O)c1cccc2ncccc12. The molecule has 1 aromatic heterocycles. The molecule has 1 aliphatic carbocycles. The van der Waals surface area contributed by atoms with Gasteiger partial charge in [0.25, 0.3) is 10.0 Å². The highest BCUT2D eigenvalue weighted by Crippen LogP contribution is 2.44. The van der Waals surface area contributed by atoms with Crippen LogP contribution in [0.25, 0.3) is 10.9 Å². The lowest BCUT2D eigenvalue weighted by molar-refractivity contribution is -0.120. The lowest BCUT2D eigenvalue weighted by Crippen LogP contribution is -2.34. The second kappa shape index (κ2) is 7.36. The summed E-state index contributed by atoms with van der Waals surface area (Å²) in [6.07, 6.45) is 2.67. The maximum atomic E-state index is 13.0. The molecule has 150 valence electrons. The number of nitrogens with one attached hydrogen (secondary N) is 1. The van der Waals surface area contributed by atoms with Crippen LogP contribution < -0.4 is 14.2 Å². The van der Waals surface area contributed by atoms with Gasteiger partial charge in [0.2, 0.25) is 5.91 Å². The minimum atomic E-state index is -4.07. The molecule has 1 N–H and O–H groups in total. The number of rotatable bonds is 5. The summed E-state index contributed by atoms with van der Waals surface area (Å²) in [5.74, 6) is -0.0154. The van der Waals surface area contributed by atoms with Crippen molar-refractivity contribution in [3.05, 3.63) is 59.8 Å². The third kappa shape index (κ3) is 3.29. The van der Waals surface area contributed by atoms with E-state index in [1.165, 1.54) is 13.2 Å². The van der Waals surface area contributed by atoms with Crippen LogP contribution in [0.1, 0.15) is 23.5 Å². The zero-order valence-corrected chi connectivity index (χ0v) is 16.8. The van der Waals surface area contributed by atoms with E-state index in [1.54, 1.807) is 49.7 Å². The Balaban J connectivity index is 1.70. The largest absolute Gasteiger partial charge is 0.496 e. The molecule has 0 fully saturated rings. The van der Waals surface area contributed by atoms with Gasteiger partial charge in [-0.3, -0.25) is 9.78 Å². The van der Waals surface area contributed by atoms with E-state index in [-0.39, 0.29) is 4.90 Å². The first-order valence-corrected chi connectivity index (χ1v) is 10.6. The molecule has 29 heavy (non-hydrogen) atoms. The van der Waals surface area contributed by atoms with Crippen molar-refractivity contribution in [2.75, 3.05) is 14.2 Å². The summed E-state index contributed by atoms with van der Waals surface area (Å²) in [5.41, 5.74) is 2.10. The van der Waals surface area contributed by atoms with Crippen LogP contribution >= 0.6 is 0 Å². The fourth-order valence-electron chi connectivity index (χ4n) is 3.90. The molecule has 0 unspecified atom stereocenters. The van der Waals surface area contributed by atoms with Crippen molar-refractivity contribution in [2.24, 2.45) is 0 Å². The minimum absolute atomic E-state index is 0.0206. The standard InChI is InChI=1S/C21H20N2O5S/c1-27-17-10-11-18(28-2)20-14(17)8-9-15(20)21(24)23-29(25,26)19-7-3-6-16-13(19)5-4-12-22-16/h3-7,10-12,15H,8-9H2,1-2H3,(H,23,24)/t15-/m0/s1. The van der Waals surface area contributed by atoms with E-state index in [0.717, 1.165) is 5.56 Å². The van der Waals surface area contributed by atoms with E-state index in [1.807, 2.05) is 0 Å². The lowest BCUT2D eigenvalue weighted by Gasteiger charge is -2.17. The number of carbonyl (C=O) groups is 1. The summed E-state index contributed by atoms with van der Waals surface area (Å²) in [6, 6.07) is 11.6. The van der Waals surface area contributed by atoms with Gasteiger partial charge in [-0.1, -0.05) is 6.07 Å². The molecule has 0 bridgehead atoms. The number of methoxy groups -OCH3 is 2. The third-order valence-corrected chi connectivity index (χ3v) is 6.60. The number of pyridine rings is 1. The summed E-state index contributed by atoms with van der Waals surface area (Å²) in [4.78, 5) is 17.2. The fourth-order valence-corrected chi connectivity index (χ4v) is 5.13. The molecule has 1 amide bonds. The van der Waals surface area contributed by atoms with Gasteiger partial charge in [-0.05, 0) is 49.2 Å². The smallest absolute Gasteiger partial charge is 0.264 e. The normalized spacial score (nSPS) is 15.7. The molecule has 1 heterocycles. The van der Waals surface area contributed by atoms with Gasteiger partial charge in [0.15, 0.2) is 0 Å². The van der Waals surface area contributed by atoms with Gasteiger partial charge in [0.1, 0.15) is 11.5 Å². The molecule has 4 rings (SSSR count). The number of ether oxygens (including phenoxy) is 2. The van der Waals surface area contributed by atoms with Crippen molar-refractivity contribution < 1.29 is 22.7 Å². The van der Waals surface area contributed by atoms with Crippen LogP contribution in [0.5, 0.6) is 11.5 Å². The van der Waals surface area contributed by atoms with Crippen molar-refractivity contribution in [1.82, 2.24) is 9.71 Å². The summed E-state index contributed by atoms with van der Waals surface area (Å²) in [7, 11) is -0.986. The van der Waals surface area contributed by atoms with Gasteiger partial charge in [-0.25, -0.2) is 13.1 Å². The number of nitrogens with zero attached hydrogens (tertiary/aromatic N) is 1. The Hall–Kier alpha value is -3.13. The van der Waals surface area contributed by atoms with Crippen LogP contribution in [-0.2, 0) is 21.2 Å². The van der Waals surface area contributed by atoms with Gasteiger partial charge < -0.3 is 9.47 Å². The van der Waals surface area contributed by atoms with Gasteiger partial charge >= 0.3 is 0 Å². The predicted octanol–water partition coefficient (Wildman–Crippen LogP) is 2.79. The number of carbonyl (C=O) groups excluding carboxylic acids is 1. The third-order valence-electron chi connectivity index (χ3n) is 5.19. The Morgan fingerprint density at radius 1 is 1.07 bits per heavy atom. The number of amides is 1. The molecule has 0 radical (unpaired) electrons. The molecule has 2 aromatic carbocycles. The zero-order valence-electron chi connectivity index (χ0n) is 16.0. The Labute approximate surface area is 168 Å². The Bertz CT molecular complexity index is 1200. The van der Waals surface area contributed by atoms with Crippen LogP contribution in [0.15, 0.2) is 53.6 Å². The molecule has 0 spiro atoms. The van der Waals surface area contributed by atoms with Crippen LogP contribution in [0.3, 0.4) is 0 Å². The zero-order chi connectivity index (χ0) is 20.6. The summed E-state index contributed by atoms with van der Waals surface area (Å²) >= 11 is 0. The number of hydrogen-bond donors (Lipinski definition) is 1. The monoisotopic (exact) mass is 412 g/mol. The van der Waals surface area contributed by atoms with Crippen molar-refractivity contribution in [1.29, 1.82) is 0 Å². The van der Waals surface area contributed by atoms with E-state index in [4.69, 9.17) is 9.47 Å². The van der Waals surface area contributed by atoms with Crippen molar-refractivity contribution in [2.45, 2.75) is 23.7 Å². The maximum absolute atomic E-state index is 13.0. The Kier molecular flexibility index (Phi) is 4.87. The van der Waals surface area contributed by atoms with E-state index < -0.39 is 21.8 Å². The van der Waals surface area contributed by atoms with E-state index in [2.05, 4.69) is 9.71 Å². The van der Waals surface area contributed by atoms with Gasteiger partial charge in [0.05, 0.1) is 30.5 Å². The average Bonchev–Trinajstić information content (AvgIpc) is 3.18. The summed E-state index contributed by atoms with van der Waals surface area (Å²) in [6.45, 7) is 0. The van der Waals surface area contributed by atoms with E-state index >= 15 is 0 Å². The summed E-state index contributed by atoms with van der Waals surface area (Å²) < 4.78 is 39.0. The highest BCUT2D eigenvalue weighted by atomic mass is 32.2. The minimum Gasteiger partial charge on any atom is -0.496 e. The molecule has 8 heteroatoms. The molecule has 1 aliphatic rings. The Morgan fingerprint density at radius 3 is 2.59 bits per heavy atom. The molecule has 7 nitrogen and oxygen atoms in total. The van der Waals surface area contributed by atoms with Crippen molar-refractivity contribution >= 4 is 26.8 Å². The average molecular weight is 412 g/mol. The van der Waals surface area contributed by atoms with Gasteiger partial charge in [-0.15, -0.1) is 0 Å². The number of aromatic nitrogens is 1. The lowest BCUT2D eigenvalue weighted by atomic mass is 9.99. The highest BCUT2D eigenvalue weighted by molar-refractivity contribution is 7.90. The number of fused-ring (bicyclic) bond motifs is 2. The molecule has 1 atom stereocenters. The van der Waals surface area contributed by atoms with Gasteiger partial charge in [-0.2, -0.15) is 0 Å². The summed E-state index contributed by atoms with van der Waals surface area (Å²) in [5, 5.41) is 0.460.